The predicted molar refractivity (Wildman–Crippen MR) is 75.4 cm³/mol. The number of halogens is 1. The van der Waals surface area contributed by atoms with Gasteiger partial charge in [-0.15, -0.1) is 11.3 Å². The van der Waals surface area contributed by atoms with Crippen LogP contribution < -0.4 is 4.72 Å². The number of nitrogens with zero attached hydrogens (tertiary/aromatic N) is 1. The van der Waals surface area contributed by atoms with E-state index in [4.69, 9.17) is 0 Å². The fourth-order valence-electron chi connectivity index (χ4n) is 1.55. The molecule has 9 heteroatoms. The summed E-state index contributed by atoms with van der Waals surface area (Å²) in [5, 5.41) is 0. The van der Waals surface area contributed by atoms with Crippen molar-refractivity contribution in [1.82, 2.24) is 4.98 Å². The SMILES string of the molecule is COC(=O)c1ncsc1S(=O)(=O)Nc1ccc(C)cc1F. The number of ether oxygens (including phenoxy) is 1. The molecule has 0 spiro atoms. The first-order valence-electron chi connectivity index (χ1n) is 5.66. The number of aryl methyl sites for hydroxylation is 1. The van der Waals surface area contributed by atoms with Crippen molar-refractivity contribution in [1.29, 1.82) is 0 Å². The highest BCUT2D eigenvalue weighted by molar-refractivity contribution is 7.94. The third-order valence-corrected chi connectivity index (χ3v) is 5.26. The lowest BCUT2D eigenvalue weighted by molar-refractivity contribution is 0.0590. The van der Waals surface area contributed by atoms with Crippen LogP contribution in [0.2, 0.25) is 0 Å². The standard InChI is InChI=1S/C12H11FN2O4S2/c1-7-3-4-9(8(13)5-7)15-21(17,18)12-10(11(16)19-2)14-6-20-12/h3-6,15H,1-2H3. The molecule has 0 bridgehead atoms. The lowest BCUT2D eigenvalue weighted by Crippen LogP contribution is -2.16. The lowest BCUT2D eigenvalue weighted by atomic mass is 10.2. The maximum atomic E-state index is 13.7. The number of rotatable bonds is 4. The number of carbonyl (C=O) groups is 1. The monoisotopic (exact) mass is 330 g/mol. The van der Waals surface area contributed by atoms with Gasteiger partial charge < -0.3 is 4.74 Å². The van der Waals surface area contributed by atoms with Crippen LogP contribution in [-0.2, 0) is 14.8 Å². The predicted octanol–water partition coefficient (Wildman–Crippen LogP) is 2.18. The normalized spacial score (nSPS) is 11.2. The van der Waals surface area contributed by atoms with Crippen LogP contribution in [0.1, 0.15) is 16.1 Å². The van der Waals surface area contributed by atoms with E-state index in [-0.39, 0.29) is 15.6 Å². The fraction of sp³-hybridized carbons (Fsp3) is 0.167. The van der Waals surface area contributed by atoms with Crippen molar-refractivity contribution in [2.45, 2.75) is 11.1 Å². The second-order valence-electron chi connectivity index (χ2n) is 4.07. The minimum atomic E-state index is -4.13. The van der Waals surface area contributed by atoms with Crippen molar-refractivity contribution < 1.29 is 22.3 Å². The van der Waals surface area contributed by atoms with E-state index in [9.17, 15) is 17.6 Å². The first-order chi connectivity index (χ1) is 9.85. The second-order valence-corrected chi connectivity index (χ2v) is 6.80. The minimum Gasteiger partial charge on any atom is -0.464 e. The summed E-state index contributed by atoms with van der Waals surface area (Å²) in [5.74, 6) is -1.58. The van der Waals surface area contributed by atoms with E-state index in [2.05, 4.69) is 14.4 Å². The van der Waals surface area contributed by atoms with Gasteiger partial charge in [-0.25, -0.2) is 22.6 Å². The Balaban J connectivity index is 2.39. The number of sulfonamides is 1. The van der Waals surface area contributed by atoms with Gasteiger partial charge in [-0.1, -0.05) is 6.07 Å². The van der Waals surface area contributed by atoms with Crippen LogP contribution in [0.25, 0.3) is 0 Å². The summed E-state index contributed by atoms with van der Waals surface area (Å²) in [6.07, 6.45) is 0. The van der Waals surface area contributed by atoms with Gasteiger partial charge >= 0.3 is 5.97 Å². The quantitative estimate of drug-likeness (QED) is 0.869. The number of aromatic nitrogens is 1. The Bertz CT molecular complexity index is 786. The molecule has 0 aliphatic rings. The number of carbonyl (C=O) groups excluding carboxylic acids is 1. The summed E-state index contributed by atoms with van der Waals surface area (Å²) in [6, 6.07) is 4.07. The third kappa shape index (κ3) is 3.19. The Hall–Kier alpha value is -2.00. The molecule has 0 saturated carbocycles. The summed E-state index contributed by atoms with van der Waals surface area (Å²) < 4.78 is 44.4. The Labute approximate surface area is 124 Å². The highest BCUT2D eigenvalue weighted by atomic mass is 32.2. The first-order valence-corrected chi connectivity index (χ1v) is 8.02. The summed E-state index contributed by atoms with van der Waals surface area (Å²) in [7, 11) is -3.01. The molecule has 1 heterocycles. The van der Waals surface area contributed by atoms with Crippen molar-refractivity contribution in [2.75, 3.05) is 11.8 Å². The van der Waals surface area contributed by atoms with E-state index in [0.717, 1.165) is 18.4 Å². The topological polar surface area (TPSA) is 85.4 Å². The van der Waals surface area contributed by atoms with Crippen molar-refractivity contribution in [2.24, 2.45) is 0 Å². The summed E-state index contributed by atoms with van der Waals surface area (Å²) in [4.78, 5) is 15.1. The van der Waals surface area contributed by atoms with Crippen LogP contribution in [0.15, 0.2) is 27.9 Å². The molecule has 1 aromatic carbocycles. The number of esters is 1. The number of thiazole rings is 1. The van der Waals surface area contributed by atoms with E-state index < -0.39 is 21.8 Å². The number of benzene rings is 1. The van der Waals surface area contributed by atoms with Crippen molar-refractivity contribution in [3.63, 3.8) is 0 Å². The van der Waals surface area contributed by atoms with E-state index in [1.807, 2.05) is 0 Å². The summed E-state index contributed by atoms with van der Waals surface area (Å²) in [5.41, 5.74) is 1.32. The Morgan fingerprint density at radius 1 is 1.43 bits per heavy atom. The van der Waals surface area contributed by atoms with Gasteiger partial charge in [0.2, 0.25) is 0 Å². The molecule has 0 aliphatic heterocycles. The molecule has 21 heavy (non-hydrogen) atoms. The van der Waals surface area contributed by atoms with E-state index in [0.29, 0.717) is 5.56 Å². The van der Waals surface area contributed by atoms with Crippen LogP contribution in [0.5, 0.6) is 0 Å². The molecule has 2 rings (SSSR count). The van der Waals surface area contributed by atoms with Gasteiger partial charge in [-0.3, -0.25) is 4.72 Å². The van der Waals surface area contributed by atoms with Crippen LogP contribution in [0, 0.1) is 12.7 Å². The molecule has 0 atom stereocenters. The fourth-order valence-corrected chi connectivity index (χ4v) is 3.75. The van der Waals surface area contributed by atoms with Crippen LogP contribution in [-0.4, -0.2) is 26.5 Å². The second kappa shape index (κ2) is 5.78. The zero-order chi connectivity index (χ0) is 15.6. The molecule has 0 unspecified atom stereocenters. The third-order valence-electron chi connectivity index (χ3n) is 2.53. The van der Waals surface area contributed by atoms with Gasteiger partial charge in [0.15, 0.2) is 9.90 Å². The maximum absolute atomic E-state index is 13.7. The summed E-state index contributed by atoms with van der Waals surface area (Å²) in [6.45, 7) is 1.68. The minimum absolute atomic E-state index is 0.204. The van der Waals surface area contributed by atoms with Crippen LogP contribution >= 0.6 is 11.3 Å². The van der Waals surface area contributed by atoms with Gasteiger partial charge in [-0.05, 0) is 24.6 Å². The smallest absolute Gasteiger partial charge is 0.358 e. The van der Waals surface area contributed by atoms with Crippen molar-refractivity contribution >= 4 is 33.0 Å². The average molecular weight is 330 g/mol. The molecule has 1 N–H and O–H groups in total. The van der Waals surface area contributed by atoms with Crippen LogP contribution in [0.3, 0.4) is 0 Å². The van der Waals surface area contributed by atoms with Gasteiger partial charge in [0, 0.05) is 0 Å². The molecule has 0 fully saturated rings. The molecule has 0 saturated heterocycles. The number of methoxy groups -OCH3 is 1. The molecule has 2 aromatic rings. The Morgan fingerprint density at radius 3 is 2.76 bits per heavy atom. The van der Waals surface area contributed by atoms with Gasteiger partial charge in [-0.2, -0.15) is 0 Å². The molecule has 0 aliphatic carbocycles. The van der Waals surface area contributed by atoms with Crippen molar-refractivity contribution in [3.8, 4) is 0 Å². The Kier molecular flexibility index (Phi) is 4.24. The molecule has 0 radical (unpaired) electrons. The molecule has 6 nitrogen and oxygen atoms in total. The van der Waals surface area contributed by atoms with Gasteiger partial charge in [0.1, 0.15) is 5.82 Å². The zero-order valence-electron chi connectivity index (χ0n) is 11.1. The Morgan fingerprint density at radius 2 is 2.14 bits per heavy atom. The lowest BCUT2D eigenvalue weighted by Gasteiger charge is -2.08. The first kappa shape index (κ1) is 15.4. The van der Waals surface area contributed by atoms with E-state index in [1.54, 1.807) is 13.0 Å². The van der Waals surface area contributed by atoms with Crippen LogP contribution in [0.4, 0.5) is 10.1 Å². The number of nitrogens with one attached hydrogen (secondary N) is 1. The maximum Gasteiger partial charge on any atom is 0.358 e. The van der Waals surface area contributed by atoms with Gasteiger partial charge in [0.25, 0.3) is 10.0 Å². The highest BCUT2D eigenvalue weighted by Crippen LogP contribution is 2.25. The average Bonchev–Trinajstić information content (AvgIpc) is 2.91. The van der Waals surface area contributed by atoms with Gasteiger partial charge in [0.05, 0.1) is 18.3 Å². The van der Waals surface area contributed by atoms with E-state index in [1.165, 1.54) is 17.6 Å². The zero-order valence-corrected chi connectivity index (χ0v) is 12.7. The van der Waals surface area contributed by atoms with Crippen molar-refractivity contribution in [3.05, 3.63) is 40.8 Å². The molecule has 112 valence electrons. The van der Waals surface area contributed by atoms with E-state index >= 15 is 0 Å². The number of hydrogen-bond acceptors (Lipinski definition) is 6. The molecular weight excluding hydrogens is 319 g/mol. The highest BCUT2D eigenvalue weighted by Gasteiger charge is 2.27. The number of hydrogen-bond donors (Lipinski definition) is 1. The summed E-state index contributed by atoms with van der Waals surface area (Å²) >= 11 is 0.744. The molecule has 1 aromatic heterocycles. The largest absolute Gasteiger partial charge is 0.464 e. The molecular formula is C12H11FN2O4S2. The number of anilines is 1. The molecule has 0 amide bonds.